The third kappa shape index (κ3) is 5.33. The summed E-state index contributed by atoms with van der Waals surface area (Å²) in [4.78, 5) is 24.2. The molecule has 4 nitrogen and oxygen atoms in total. The van der Waals surface area contributed by atoms with Crippen LogP contribution in [0.3, 0.4) is 0 Å². The lowest BCUT2D eigenvalue weighted by Crippen LogP contribution is -2.15. The fraction of sp³-hybridized carbons (Fsp3) is 0.167. The van der Waals surface area contributed by atoms with Crippen molar-refractivity contribution in [3.05, 3.63) is 93.2 Å². The van der Waals surface area contributed by atoms with Crippen molar-refractivity contribution < 1.29 is 23.5 Å². The van der Waals surface area contributed by atoms with Gasteiger partial charge in [0.1, 0.15) is 29.5 Å². The lowest BCUT2D eigenvalue weighted by molar-refractivity contribution is 0.0727. The zero-order chi connectivity index (χ0) is 22.1. The molecule has 0 spiro atoms. The summed E-state index contributed by atoms with van der Waals surface area (Å²) < 4.78 is 25.9. The Balaban J connectivity index is 0.00000155. The SMILES string of the molecule is CC.Cc1c(F)c(C=O)c(Br)c(OCc2ccccc2)c1C(=O)Oc1ccccc1. The number of ether oxygens (including phenoxy) is 2. The fourth-order valence-corrected chi connectivity index (χ4v) is 3.25. The van der Waals surface area contributed by atoms with E-state index >= 15 is 0 Å². The van der Waals surface area contributed by atoms with Crippen molar-refractivity contribution in [2.24, 2.45) is 0 Å². The smallest absolute Gasteiger partial charge is 0.347 e. The van der Waals surface area contributed by atoms with Gasteiger partial charge in [-0.15, -0.1) is 0 Å². The molecule has 0 unspecified atom stereocenters. The topological polar surface area (TPSA) is 52.6 Å². The van der Waals surface area contributed by atoms with Crippen LogP contribution in [-0.4, -0.2) is 12.3 Å². The second-order valence-electron chi connectivity index (χ2n) is 5.97. The maximum atomic E-state index is 14.6. The molecule has 0 radical (unpaired) electrons. The maximum Gasteiger partial charge on any atom is 0.347 e. The standard InChI is InChI=1S/C22H16BrFO4.C2H6/c1-14-18(22(26)28-16-10-6-3-7-11-16)21(19(23)17(12-25)20(14)24)27-13-15-8-4-2-5-9-15;1-2/h2-12H,13H2,1H3;1-2H3. The van der Waals surface area contributed by atoms with Gasteiger partial charge in [0.15, 0.2) is 6.29 Å². The summed E-state index contributed by atoms with van der Waals surface area (Å²) in [5, 5.41) is 0. The van der Waals surface area contributed by atoms with Crippen LogP contribution in [-0.2, 0) is 6.61 Å². The highest BCUT2D eigenvalue weighted by Gasteiger charge is 2.27. The molecular weight excluding hydrogens is 451 g/mol. The molecule has 0 saturated carbocycles. The van der Waals surface area contributed by atoms with E-state index in [2.05, 4.69) is 15.9 Å². The second-order valence-corrected chi connectivity index (χ2v) is 6.76. The summed E-state index contributed by atoms with van der Waals surface area (Å²) >= 11 is 3.20. The lowest BCUT2D eigenvalue weighted by Gasteiger charge is -2.17. The third-order valence-corrected chi connectivity index (χ3v) is 4.89. The molecule has 0 bridgehead atoms. The molecule has 0 aromatic heterocycles. The van der Waals surface area contributed by atoms with Crippen molar-refractivity contribution in [2.75, 3.05) is 0 Å². The first-order valence-corrected chi connectivity index (χ1v) is 10.2. The Morgan fingerprint density at radius 3 is 2.17 bits per heavy atom. The average molecular weight is 473 g/mol. The summed E-state index contributed by atoms with van der Waals surface area (Å²) in [6.07, 6.45) is 0.383. The number of esters is 1. The van der Waals surface area contributed by atoms with E-state index in [4.69, 9.17) is 9.47 Å². The number of aldehydes is 1. The van der Waals surface area contributed by atoms with Crippen molar-refractivity contribution in [1.82, 2.24) is 0 Å². The third-order valence-electron chi connectivity index (χ3n) is 4.11. The molecule has 0 aliphatic rings. The van der Waals surface area contributed by atoms with Crippen LogP contribution >= 0.6 is 15.9 Å². The van der Waals surface area contributed by atoms with Crippen molar-refractivity contribution >= 4 is 28.2 Å². The van der Waals surface area contributed by atoms with Crippen LogP contribution in [0.1, 0.15) is 45.7 Å². The van der Waals surface area contributed by atoms with Gasteiger partial charge in [0.05, 0.1) is 10.0 Å². The van der Waals surface area contributed by atoms with Crippen LogP contribution in [0.5, 0.6) is 11.5 Å². The minimum absolute atomic E-state index is 0.0192. The van der Waals surface area contributed by atoms with Gasteiger partial charge < -0.3 is 9.47 Å². The number of benzene rings is 3. The molecule has 0 atom stereocenters. The van der Waals surface area contributed by atoms with Gasteiger partial charge in [-0.1, -0.05) is 62.4 Å². The lowest BCUT2D eigenvalue weighted by atomic mass is 10.0. The average Bonchev–Trinajstić information content (AvgIpc) is 2.78. The molecule has 0 heterocycles. The van der Waals surface area contributed by atoms with Gasteiger partial charge in [0.25, 0.3) is 0 Å². The predicted molar refractivity (Wildman–Crippen MR) is 118 cm³/mol. The molecule has 0 aliphatic carbocycles. The summed E-state index contributed by atoms with van der Waals surface area (Å²) in [7, 11) is 0. The van der Waals surface area contributed by atoms with Crippen molar-refractivity contribution in [2.45, 2.75) is 27.4 Å². The summed E-state index contributed by atoms with van der Waals surface area (Å²) in [5.41, 5.74) is 0.548. The van der Waals surface area contributed by atoms with Crippen LogP contribution < -0.4 is 9.47 Å². The van der Waals surface area contributed by atoms with Crippen LogP contribution in [0.4, 0.5) is 4.39 Å². The Morgan fingerprint density at radius 1 is 1.03 bits per heavy atom. The number of hydrogen-bond donors (Lipinski definition) is 0. The fourth-order valence-electron chi connectivity index (χ4n) is 2.67. The van der Waals surface area contributed by atoms with Gasteiger partial charge >= 0.3 is 5.97 Å². The molecule has 0 N–H and O–H groups in total. The highest BCUT2D eigenvalue weighted by molar-refractivity contribution is 9.10. The molecule has 0 fully saturated rings. The number of rotatable bonds is 6. The largest absolute Gasteiger partial charge is 0.487 e. The first-order chi connectivity index (χ1) is 14.5. The minimum atomic E-state index is -0.797. The summed E-state index contributed by atoms with van der Waals surface area (Å²) in [6.45, 7) is 5.54. The van der Waals surface area contributed by atoms with E-state index in [0.29, 0.717) is 12.0 Å². The van der Waals surface area contributed by atoms with E-state index in [9.17, 15) is 14.0 Å². The quantitative estimate of drug-likeness (QED) is 0.232. The van der Waals surface area contributed by atoms with Crippen LogP contribution in [0.25, 0.3) is 0 Å². The van der Waals surface area contributed by atoms with Gasteiger partial charge in [-0.05, 0) is 40.5 Å². The van der Waals surface area contributed by atoms with E-state index in [1.807, 2.05) is 44.2 Å². The number of para-hydroxylation sites is 1. The van der Waals surface area contributed by atoms with Gasteiger partial charge in [-0.3, -0.25) is 4.79 Å². The van der Waals surface area contributed by atoms with E-state index < -0.39 is 11.8 Å². The maximum absolute atomic E-state index is 14.6. The first kappa shape index (κ1) is 23.3. The summed E-state index contributed by atoms with van der Waals surface area (Å²) in [5.74, 6) is -1.19. The van der Waals surface area contributed by atoms with Crippen LogP contribution in [0.2, 0.25) is 0 Å². The Hall–Kier alpha value is -2.99. The van der Waals surface area contributed by atoms with Gasteiger partial charge in [0, 0.05) is 5.56 Å². The van der Waals surface area contributed by atoms with E-state index in [1.54, 1.807) is 30.3 Å². The Morgan fingerprint density at radius 2 is 1.60 bits per heavy atom. The highest BCUT2D eigenvalue weighted by Crippen LogP contribution is 2.38. The minimum Gasteiger partial charge on any atom is -0.487 e. The number of carbonyl (C=O) groups excluding carboxylic acids is 2. The second kappa shape index (κ2) is 11.3. The molecule has 3 aromatic rings. The molecule has 30 heavy (non-hydrogen) atoms. The van der Waals surface area contributed by atoms with E-state index in [-0.39, 0.29) is 33.5 Å². The molecule has 0 saturated heterocycles. The Kier molecular flexibility index (Phi) is 8.74. The number of hydrogen-bond acceptors (Lipinski definition) is 4. The molecule has 3 rings (SSSR count). The normalized spacial score (nSPS) is 9.90. The van der Waals surface area contributed by atoms with Gasteiger partial charge in [-0.25, -0.2) is 9.18 Å². The number of halogens is 2. The van der Waals surface area contributed by atoms with Crippen molar-refractivity contribution in [1.29, 1.82) is 0 Å². The van der Waals surface area contributed by atoms with E-state index in [0.717, 1.165) is 5.56 Å². The number of carbonyl (C=O) groups is 2. The van der Waals surface area contributed by atoms with Crippen molar-refractivity contribution in [3.8, 4) is 11.5 Å². The molecule has 3 aromatic carbocycles. The van der Waals surface area contributed by atoms with Crippen LogP contribution in [0, 0.1) is 12.7 Å². The zero-order valence-corrected chi connectivity index (χ0v) is 18.5. The van der Waals surface area contributed by atoms with Gasteiger partial charge in [0.2, 0.25) is 0 Å². The van der Waals surface area contributed by atoms with Crippen molar-refractivity contribution in [3.63, 3.8) is 0 Å². The Labute approximate surface area is 183 Å². The molecule has 6 heteroatoms. The van der Waals surface area contributed by atoms with Crippen LogP contribution in [0.15, 0.2) is 65.1 Å². The monoisotopic (exact) mass is 472 g/mol. The predicted octanol–water partition coefficient (Wildman–Crippen LogP) is 6.53. The molecule has 0 amide bonds. The molecular formula is C24H22BrFO4. The molecule has 156 valence electrons. The zero-order valence-electron chi connectivity index (χ0n) is 16.9. The highest BCUT2D eigenvalue weighted by atomic mass is 79.9. The first-order valence-electron chi connectivity index (χ1n) is 9.43. The Bertz CT molecular complexity index is 1000. The van der Waals surface area contributed by atoms with E-state index in [1.165, 1.54) is 6.92 Å². The summed E-state index contributed by atoms with van der Waals surface area (Å²) in [6, 6.07) is 17.7. The van der Waals surface area contributed by atoms with Gasteiger partial charge in [-0.2, -0.15) is 0 Å². The molecule has 0 aliphatic heterocycles.